The van der Waals surface area contributed by atoms with Crippen molar-refractivity contribution in [3.8, 4) is 0 Å². The van der Waals surface area contributed by atoms with E-state index in [0.717, 1.165) is 0 Å². The van der Waals surface area contributed by atoms with Gasteiger partial charge in [0, 0.05) is 12.8 Å². The number of carbonyl (C=O) groups excluding carboxylic acids is 2. The van der Waals surface area contributed by atoms with Crippen LogP contribution in [0.1, 0.15) is 43.2 Å². The second kappa shape index (κ2) is 13.5. The first-order chi connectivity index (χ1) is 15.7. The topological polar surface area (TPSA) is 127 Å². The number of carbonyl (C=O) groups is 2. The van der Waals surface area contributed by atoms with Gasteiger partial charge in [-0.05, 0) is 24.0 Å². The third kappa shape index (κ3) is 12.0. The summed E-state index contributed by atoms with van der Waals surface area (Å²) in [4.78, 5) is 43.5. The quantitative estimate of drug-likeness (QED) is 0.215. The zero-order valence-electron chi connectivity index (χ0n) is 18.4. The molecule has 2 aromatic rings. The van der Waals surface area contributed by atoms with E-state index in [9.17, 15) is 28.5 Å². The molecule has 0 radical (unpaired) electrons. The fourth-order valence-corrected chi connectivity index (χ4v) is 5.47. The van der Waals surface area contributed by atoms with Gasteiger partial charge in [0.05, 0.1) is 12.3 Å². The highest BCUT2D eigenvalue weighted by molar-refractivity contribution is 7.57. The molecule has 0 spiro atoms. The predicted molar refractivity (Wildman–Crippen MR) is 125 cm³/mol. The maximum absolute atomic E-state index is 12.2. The van der Waals surface area contributed by atoms with E-state index < -0.39 is 39.4 Å². The molecular formula is C23H30O8P2. The highest BCUT2D eigenvalue weighted by Gasteiger charge is 2.22. The molecule has 2 unspecified atom stereocenters. The van der Waals surface area contributed by atoms with E-state index in [4.69, 9.17) is 9.47 Å². The Labute approximate surface area is 193 Å². The third-order valence-corrected chi connectivity index (χ3v) is 7.44. The number of hydrogen-bond donors (Lipinski definition) is 2. The summed E-state index contributed by atoms with van der Waals surface area (Å²) in [7, 11) is -7.24. The number of hydrogen-bond acceptors (Lipinski definition) is 6. The summed E-state index contributed by atoms with van der Waals surface area (Å²) in [6.45, 7) is 0. The SMILES string of the molecule is O=C(CCCCCC(=O)OCP(=O)(O)Cc1ccccc1)OCP(=O)(O)Cc1ccccc1. The van der Waals surface area contributed by atoms with Crippen LogP contribution in [0.2, 0.25) is 0 Å². The van der Waals surface area contributed by atoms with Crippen molar-refractivity contribution in [2.45, 2.75) is 44.4 Å². The molecule has 8 nitrogen and oxygen atoms in total. The molecule has 180 valence electrons. The fraction of sp³-hybridized carbons (Fsp3) is 0.391. The molecule has 2 aromatic carbocycles. The van der Waals surface area contributed by atoms with Crippen molar-refractivity contribution < 1.29 is 38.0 Å². The Morgan fingerprint density at radius 3 is 1.36 bits per heavy atom. The molecule has 33 heavy (non-hydrogen) atoms. The third-order valence-electron chi connectivity index (χ3n) is 4.66. The van der Waals surface area contributed by atoms with Crippen LogP contribution in [0.4, 0.5) is 0 Å². The number of rotatable bonds is 14. The molecule has 0 amide bonds. The first-order valence-corrected chi connectivity index (χ1v) is 14.7. The lowest BCUT2D eigenvalue weighted by atomic mass is 10.1. The summed E-state index contributed by atoms with van der Waals surface area (Å²) in [5.74, 6) is -1.14. The maximum atomic E-state index is 12.2. The lowest BCUT2D eigenvalue weighted by molar-refractivity contribution is -0.142. The van der Waals surface area contributed by atoms with E-state index in [1.807, 2.05) is 12.1 Å². The van der Waals surface area contributed by atoms with Gasteiger partial charge in [0.2, 0.25) is 14.7 Å². The van der Waals surface area contributed by atoms with Gasteiger partial charge in [0.25, 0.3) is 0 Å². The molecule has 10 heteroatoms. The molecule has 0 fully saturated rings. The van der Waals surface area contributed by atoms with Crippen LogP contribution < -0.4 is 0 Å². The van der Waals surface area contributed by atoms with Gasteiger partial charge in [-0.25, -0.2) is 0 Å². The van der Waals surface area contributed by atoms with Crippen LogP contribution in [0.3, 0.4) is 0 Å². The van der Waals surface area contributed by atoms with E-state index in [0.29, 0.717) is 30.4 Å². The van der Waals surface area contributed by atoms with Crippen molar-refractivity contribution in [3.63, 3.8) is 0 Å². The summed E-state index contributed by atoms with van der Waals surface area (Å²) < 4.78 is 34.2. The summed E-state index contributed by atoms with van der Waals surface area (Å²) in [5, 5.41) is 0. The van der Waals surface area contributed by atoms with Gasteiger partial charge in [-0.1, -0.05) is 67.1 Å². The van der Waals surface area contributed by atoms with Crippen LogP contribution in [0.15, 0.2) is 60.7 Å². The van der Waals surface area contributed by atoms with Gasteiger partial charge in [-0.2, -0.15) is 0 Å². The van der Waals surface area contributed by atoms with Crippen molar-refractivity contribution in [2.24, 2.45) is 0 Å². The van der Waals surface area contributed by atoms with Gasteiger partial charge < -0.3 is 19.3 Å². The molecule has 2 N–H and O–H groups in total. The zero-order chi connectivity index (χ0) is 24.2. The molecule has 2 rings (SSSR count). The minimum absolute atomic E-state index is 0.0602. The van der Waals surface area contributed by atoms with E-state index in [2.05, 4.69) is 0 Å². The van der Waals surface area contributed by atoms with Crippen LogP contribution in [0.25, 0.3) is 0 Å². The molecule has 0 aromatic heterocycles. The van der Waals surface area contributed by atoms with Gasteiger partial charge in [-0.15, -0.1) is 0 Å². The Kier molecular flexibility index (Phi) is 11.0. The average Bonchev–Trinajstić information content (AvgIpc) is 2.77. The van der Waals surface area contributed by atoms with Crippen molar-refractivity contribution >= 4 is 26.7 Å². The largest absolute Gasteiger partial charge is 0.455 e. The number of benzene rings is 2. The number of esters is 2. The van der Waals surface area contributed by atoms with E-state index in [1.54, 1.807) is 48.5 Å². The van der Waals surface area contributed by atoms with Crippen LogP contribution in [-0.4, -0.2) is 34.4 Å². The predicted octanol–water partition coefficient (Wildman–Crippen LogP) is 4.88. The standard InChI is InChI=1S/C23H30O8P2/c24-22(30-18-32(26,27)16-20-10-4-1-5-11-20)14-8-3-9-15-23(25)31-19-33(28,29)17-21-12-6-2-7-13-21/h1-2,4-7,10-13H,3,8-9,14-19H2,(H,26,27)(H,28,29). The molecule has 2 atom stereocenters. The highest BCUT2D eigenvalue weighted by Crippen LogP contribution is 2.45. The Bertz CT molecular complexity index is 899. The van der Waals surface area contributed by atoms with Gasteiger partial charge >= 0.3 is 11.9 Å². The van der Waals surface area contributed by atoms with E-state index in [-0.39, 0.29) is 25.2 Å². The molecule has 0 heterocycles. The lowest BCUT2D eigenvalue weighted by Gasteiger charge is -2.12. The summed E-state index contributed by atoms with van der Waals surface area (Å²) in [6.07, 6.45) is 0.414. The Morgan fingerprint density at radius 2 is 1.00 bits per heavy atom. The Morgan fingerprint density at radius 1 is 0.636 bits per heavy atom. The molecule has 0 bridgehead atoms. The number of ether oxygens (including phenoxy) is 2. The van der Waals surface area contributed by atoms with Gasteiger partial charge in [0.1, 0.15) is 0 Å². The second-order valence-corrected chi connectivity index (χ2v) is 12.4. The molecule has 0 saturated heterocycles. The summed E-state index contributed by atoms with van der Waals surface area (Å²) in [5.41, 5.74) is 1.40. The van der Waals surface area contributed by atoms with Crippen LogP contribution >= 0.6 is 14.7 Å². The van der Waals surface area contributed by atoms with E-state index >= 15 is 0 Å². The van der Waals surface area contributed by atoms with Gasteiger partial charge in [0.15, 0.2) is 12.7 Å². The van der Waals surface area contributed by atoms with Crippen molar-refractivity contribution in [2.75, 3.05) is 12.7 Å². The number of unbranched alkanes of at least 4 members (excludes halogenated alkanes) is 2. The zero-order valence-corrected chi connectivity index (χ0v) is 20.2. The van der Waals surface area contributed by atoms with Crippen molar-refractivity contribution in [1.29, 1.82) is 0 Å². The minimum Gasteiger partial charge on any atom is -0.455 e. The Hall–Kier alpha value is -2.24. The second-order valence-electron chi connectivity index (χ2n) is 7.83. The summed E-state index contributed by atoms with van der Waals surface area (Å²) >= 11 is 0. The molecule has 0 aliphatic rings. The van der Waals surface area contributed by atoms with Crippen molar-refractivity contribution in [1.82, 2.24) is 0 Å². The lowest BCUT2D eigenvalue weighted by Crippen LogP contribution is -2.08. The highest BCUT2D eigenvalue weighted by atomic mass is 31.2. The first kappa shape index (κ1) is 27.0. The van der Waals surface area contributed by atoms with E-state index in [1.165, 1.54) is 0 Å². The minimum atomic E-state index is -3.62. The Balaban J connectivity index is 1.55. The fourth-order valence-electron chi connectivity index (χ4n) is 3.03. The smallest absolute Gasteiger partial charge is 0.306 e. The van der Waals surface area contributed by atoms with Crippen molar-refractivity contribution in [3.05, 3.63) is 71.8 Å². The normalized spacial score (nSPS) is 14.6. The first-order valence-electron chi connectivity index (χ1n) is 10.7. The maximum Gasteiger partial charge on any atom is 0.306 e. The molecule has 0 saturated carbocycles. The molecule has 0 aliphatic carbocycles. The monoisotopic (exact) mass is 496 g/mol. The van der Waals surface area contributed by atoms with Crippen LogP contribution in [0, 0.1) is 0 Å². The molecular weight excluding hydrogens is 466 g/mol. The summed E-state index contributed by atoms with van der Waals surface area (Å²) in [6, 6.07) is 17.6. The van der Waals surface area contributed by atoms with Crippen LogP contribution in [0.5, 0.6) is 0 Å². The average molecular weight is 496 g/mol. The molecule has 0 aliphatic heterocycles. The van der Waals surface area contributed by atoms with Gasteiger partial charge in [-0.3, -0.25) is 18.7 Å². The van der Waals surface area contributed by atoms with Crippen LogP contribution in [-0.2, 0) is 40.5 Å².